The molecule has 1 aromatic heterocycles. The number of halogens is 1. The summed E-state index contributed by atoms with van der Waals surface area (Å²) in [5, 5.41) is 10.7. The maximum Gasteiger partial charge on any atom is 0.216 e. The van der Waals surface area contributed by atoms with E-state index in [1.165, 1.54) is 0 Å². The second kappa shape index (κ2) is 5.14. The van der Waals surface area contributed by atoms with Crippen LogP contribution in [0.25, 0.3) is 0 Å². The lowest BCUT2D eigenvalue weighted by Gasteiger charge is -2.12. The van der Waals surface area contributed by atoms with E-state index in [0.29, 0.717) is 0 Å². The van der Waals surface area contributed by atoms with Gasteiger partial charge in [0, 0.05) is 21.3 Å². The van der Waals surface area contributed by atoms with Gasteiger partial charge in [0.05, 0.1) is 5.92 Å². The molecule has 0 radical (unpaired) electrons. The molecule has 1 heterocycles. The van der Waals surface area contributed by atoms with E-state index in [0.717, 1.165) is 15.7 Å². The molecule has 0 aliphatic heterocycles. The van der Waals surface area contributed by atoms with E-state index in [1.807, 2.05) is 36.4 Å². The van der Waals surface area contributed by atoms with E-state index in [9.17, 15) is 10.1 Å². The number of rotatable bonds is 4. The van der Waals surface area contributed by atoms with Crippen molar-refractivity contribution in [2.75, 3.05) is 6.54 Å². The number of H-pyrrole nitrogens is 1. The van der Waals surface area contributed by atoms with Crippen LogP contribution in [0.4, 0.5) is 0 Å². The second-order valence-corrected chi connectivity index (χ2v) is 4.66. The fourth-order valence-corrected chi connectivity index (χ4v) is 2.23. The van der Waals surface area contributed by atoms with Crippen molar-refractivity contribution in [3.8, 4) is 0 Å². The van der Waals surface area contributed by atoms with Crippen LogP contribution in [0.2, 0.25) is 0 Å². The van der Waals surface area contributed by atoms with Crippen LogP contribution < -0.4 is 0 Å². The molecule has 5 heteroatoms. The maximum atomic E-state index is 10.7. The van der Waals surface area contributed by atoms with Crippen molar-refractivity contribution in [1.29, 1.82) is 0 Å². The zero-order valence-corrected chi connectivity index (χ0v) is 10.6. The monoisotopic (exact) mass is 294 g/mol. The van der Waals surface area contributed by atoms with E-state index in [1.54, 1.807) is 6.20 Å². The third-order valence-corrected chi connectivity index (χ3v) is 3.07. The Labute approximate surface area is 107 Å². The summed E-state index contributed by atoms with van der Waals surface area (Å²) in [7, 11) is 0. The summed E-state index contributed by atoms with van der Waals surface area (Å²) in [6, 6.07) is 11.3. The van der Waals surface area contributed by atoms with Crippen molar-refractivity contribution in [3.63, 3.8) is 0 Å². The number of hydrogen-bond acceptors (Lipinski definition) is 2. The molecule has 2 aromatic rings. The minimum absolute atomic E-state index is 0.114. The number of hydrogen-bond donors (Lipinski definition) is 1. The van der Waals surface area contributed by atoms with Crippen LogP contribution >= 0.6 is 15.9 Å². The molecule has 4 nitrogen and oxygen atoms in total. The Balaban J connectivity index is 2.36. The molecule has 1 atom stereocenters. The first kappa shape index (κ1) is 11.9. The molecule has 0 saturated heterocycles. The van der Waals surface area contributed by atoms with Crippen LogP contribution in [0.15, 0.2) is 47.1 Å². The topological polar surface area (TPSA) is 58.9 Å². The van der Waals surface area contributed by atoms with Gasteiger partial charge in [0.2, 0.25) is 6.54 Å². The molecule has 0 spiro atoms. The molecule has 1 aromatic carbocycles. The van der Waals surface area contributed by atoms with Crippen molar-refractivity contribution >= 4 is 15.9 Å². The minimum atomic E-state index is -0.285. The van der Waals surface area contributed by atoms with E-state index in [2.05, 4.69) is 20.9 Å². The highest BCUT2D eigenvalue weighted by molar-refractivity contribution is 9.10. The van der Waals surface area contributed by atoms with E-state index < -0.39 is 0 Å². The van der Waals surface area contributed by atoms with Gasteiger partial charge in [-0.05, 0) is 29.8 Å². The number of benzene rings is 1. The lowest BCUT2D eigenvalue weighted by molar-refractivity contribution is -0.481. The smallest absolute Gasteiger partial charge is 0.216 e. The van der Waals surface area contributed by atoms with E-state index in [4.69, 9.17) is 0 Å². The van der Waals surface area contributed by atoms with Crippen LogP contribution in [-0.2, 0) is 0 Å². The highest BCUT2D eigenvalue weighted by Crippen LogP contribution is 2.25. The molecule has 1 unspecified atom stereocenters. The zero-order valence-electron chi connectivity index (χ0n) is 8.97. The first-order valence-electron chi connectivity index (χ1n) is 5.17. The molecule has 0 aliphatic rings. The van der Waals surface area contributed by atoms with E-state index >= 15 is 0 Å². The van der Waals surface area contributed by atoms with Crippen LogP contribution in [0.1, 0.15) is 17.2 Å². The average Bonchev–Trinajstić information content (AvgIpc) is 2.79. The lowest BCUT2D eigenvalue weighted by Crippen LogP contribution is -2.14. The number of nitro groups is 1. The lowest BCUT2D eigenvalue weighted by atomic mass is 9.96. The highest BCUT2D eigenvalue weighted by Gasteiger charge is 2.20. The molecule has 0 fully saturated rings. The zero-order chi connectivity index (χ0) is 12.3. The Morgan fingerprint density at radius 3 is 2.76 bits per heavy atom. The van der Waals surface area contributed by atoms with Gasteiger partial charge in [0.1, 0.15) is 0 Å². The Bertz CT molecular complexity index is 511. The van der Waals surface area contributed by atoms with Gasteiger partial charge < -0.3 is 4.98 Å². The van der Waals surface area contributed by atoms with Crippen molar-refractivity contribution in [1.82, 2.24) is 4.98 Å². The van der Waals surface area contributed by atoms with Gasteiger partial charge in [-0.2, -0.15) is 0 Å². The Kier molecular flexibility index (Phi) is 3.58. The predicted molar refractivity (Wildman–Crippen MR) is 68.6 cm³/mol. The number of aromatic amines is 1. The fraction of sp³-hybridized carbons (Fsp3) is 0.167. The average molecular weight is 295 g/mol. The summed E-state index contributed by atoms with van der Waals surface area (Å²) < 4.78 is 0.926. The van der Waals surface area contributed by atoms with E-state index in [-0.39, 0.29) is 17.4 Å². The van der Waals surface area contributed by atoms with Crippen molar-refractivity contribution in [3.05, 3.63) is 68.4 Å². The molecule has 88 valence electrons. The van der Waals surface area contributed by atoms with Gasteiger partial charge in [-0.25, -0.2) is 0 Å². The Morgan fingerprint density at radius 1 is 1.35 bits per heavy atom. The summed E-state index contributed by atoms with van der Waals surface area (Å²) >= 11 is 3.38. The summed E-state index contributed by atoms with van der Waals surface area (Å²) in [4.78, 5) is 13.5. The molecule has 2 rings (SSSR count). The van der Waals surface area contributed by atoms with Crippen molar-refractivity contribution < 1.29 is 4.92 Å². The summed E-state index contributed by atoms with van der Waals surface area (Å²) in [6.45, 7) is -0.114. The maximum absolute atomic E-state index is 10.7. The first-order chi connectivity index (χ1) is 8.16. The molecule has 0 saturated carbocycles. The van der Waals surface area contributed by atoms with Crippen LogP contribution in [0.3, 0.4) is 0 Å². The van der Waals surface area contributed by atoms with Gasteiger partial charge >= 0.3 is 0 Å². The molecular formula is C12H11BrN2O2. The number of aromatic nitrogens is 1. The highest BCUT2D eigenvalue weighted by atomic mass is 79.9. The van der Waals surface area contributed by atoms with Crippen LogP contribution in [0.5, 0.6) is 0 Å². The molecule has 0 bridgehead atoms. The SMILES string of the molecule is O=[N+]([O-])CC(c1cccc(Br)c1)c1ccc[nH]1. The van der Waals surface area contributed by atoms with Gasteiger partial charge in [-0.1, -0.05) is 28.1 Å². The molecule has 17 heavy (non-hydrogen) atoms. The van der Waals surface area contributed by atoms with Crippen molar-refractivity contribution in [2.45, 2.75) is 5.92 Å². The number of nitrogens with one attached hydrogen (secondary N) is 1. The molecule has 0 amide bonds. The third kappa shape index (κ3) is 2.94. The number of nitrogens with zero attached hydrogens (tertiary/aromatic N) is 1. The fourth-order valence-electron chi connectivity index (χ4n) is 1.82. The summed E-state index contributed by atoms with van der Waals surface area (Å²) in [5.41, 5.74) is 1.79. The standard InChI is InChI=1S/C12H11BrN2O2/c13-10-4-1-3-9(7-10)11(8-15(16)17)12-5-2-6-14-12/h1-7,11,14H,8H2. The van der Waals surface area contributed by atoms with Crippen molar-refractivity contribution in [2.24, 2.45) is 0 Å². The first-order valence-corrected chi connectivity index (χ1v) is 5.96. The normalized spacial score (nSPS) is 12.3. The second-order valence-electron chi connectivity index (χ2n) is 3.75. The molecule has 0 aliphatic carbocycles. The van der Waals surface area contributed by atoms with Crippen LogP contribution in [-0.4, -0.2) is 16.5 Å². The van der Waals surface area contributed by atoms with Gasteiger partial charge in [0.25, 0.3) is 0 Å². The largest absolute Gasteiger partial charge is 0.364 e. The quantitative estimate of drug-likeness (QED) is 0.695. The predicted octanol–water partition coefficient (Wildman–Crippen LogP) is 3.19. The minimum Gasteiger partial charge on any atom is -0.364 e. The molecule has 1 N–H and O–H groups in total. The third-order valence-electron chi connectivity index (χ3n) is 2.58. The summed E-state index contributed by atoms with van der Waals surface area (Å²) in [6.07, 6.45) is 1.78. The Hall–Kier alpha value is -1.62. The summed E-state index contributed by atoms with van der Waals surface area (Å²) in [5.74, 6) is -0.238. The van der Waals surface area contributed by atoms with Gasteiger partial charge in [-0.15, -0.1) is 0 Å². The van der Waals surface area contributed by atoms with Crippen LogP contribution in [0, 0.1) is 10.1 Å². The Morgan fingerprint density at radius 2 is 2.18 bits per heavy atom. The van der Waals surface area contributed by atoms with Gasteiger partial charge in [-0.3, -0.25) is 10.1 Å². The molecular weight excluding hydrogens is 284 g/mol. The van der Waals surface area contributed by atoms with Gasteiger partial charge in [0.15, 0.2) is 0 Å².